The maximum absolute atomic E-state index is 12.4. The number of piperidine rings is 1. The summed E-state index contributed by atoms with van der Waals surface area (Å²) in [7, 11) is 0. The molecule has 2 aromatic carbocycles. The van der Waals surface area contributed by atoms with Gasteiger partial charge in [-0.25, -0.2) is 0 Å². The van der Waals surface area contributed by atoms with Crippen LogP contribution in [0.2, 0.25) is 0 Å². The molecule has 0 spiro atoms. The zero-order valence-electron chi connectivity index (χ0n) is 18.0. The summed E-state index contributed by atoms with van der Waals surface area (Å²) in [6, 6.07) is 16.9. The molecule has 0 saturated carbocycles. The van der Waals surface area contributed by atoms with Crippen molar-refractivity contribution < 1.29 is 9.53 Å². The van der Waals surface area contributed by atoms with Gasteiger partial charge >= 0.3 is 0 Å². The molecule has 1 N–H and O–H groups in total. The molecule has 0 aromatic heterocycles. The van der Waals surface area contributed by atoms with Gasteiger partial charge in [-0.1, -0.05) is 62.2 Å². The summed E-state index contributed by atoms with van der Waals surface area (Å²) in [5.41, 5.74) is 3.80. The fourth-order valence-electron chi connectivity index (χ4n) is 3.84. The van der Waals surface area contributed by atoms with Crippen LogP contribution < -0.4 is 10.1 Å². The van der Waals surface area contributed by atoms with Gasteiger partial charge in [0, 0.05) is 6.54 Å². The first-order chi connectivity index (χ1) is 14.0. The van der Waals surface area contributed by atoms with Gasteiger partial charge in [-0.2, -0.15) is 0 Å². The molecule has 1 amide bonds. The van der Waals surface area contributed by atoms with E-state index in [1.807, 2.05) is 31.2 Å². The molecule has 29 heavy (non-hydrogen) atoms. The molecular formula is C25H34N2O2. The summed E-state index contributed by atoms with van der Waals surface area (Å²) in [6.07, 6.45) is 3.75. The van der Waals surface area contributed by atoms with Crippen molar-refractivity contribution in [3.63, 3.8) is 0 Å². The first-order valence-corrected chi connectivity index (χ1v) is 10.8. The number of benzene rings is 2. The lowest BCUT2D eigenvalue weighted by Crippen LogP contribution is -2.41. The smallest absolute Gasteiger partial charge is 0.258 e. The molecule has 156 valence electrons. The van der Waals surface area contributed by atoms with Crippen molar-refractivity contribution >= 4 is 5.91 Å². The number of likely N-dealkylation sites (tertiary alicyclic amines) is 1. The number of nitrogens with zero attached hydrogens (tertiary/aromatic N) is 1. The summed E-state index contributed by atoms with van der Waals surface area (Å²) >= 11 is 0. The Morgan fingerprint density at radius 3 is 2.21 bits per heavy atom. The van der Waals surface area contributed by atoms with E-state index < -0.39 is 0 Å². The Hall–Kier alpha value is -2.33. The fraction of sp³-hybridized carbons (Fsp3) is 0.480. The number of amides is 1. The van der Waals surface area contributed by atoms with Gasteiger partial charge in [0.15, 0.2) is 6.61 Å². The first kappa shape index (κ1) is 21.4. The molecule has 1 aliphatic rings. The second kappa shape index (κ2) is 10.4. The lowest BCUT2D eigenvalue weighted by molar-refractivity contribution is -0.123. The highest BCUT2D eigenvalue weighted by atomic mass is 16.5. The number of hydrogen-bond acceptors (Lipinski definition) is 3. The van der Waals surface area contributed by atoms with Crippen LogP contribution in [0.25, 0.3) is 0 Å². The third-order valence-electron chi connectivity index (χ3n) is 5.70. The van der Waals surface area contributed by atoms with Crippen molar-refractivity contribution in [2.45, 2.75) is 52.0 Å². The summed E-state index contributed by atoms with van der Waals surface area (Å²) in [5, 5.41) is 3.09. The second-order valence-corrected chi connectivity index (χ2v) is 8.34. The molecule has 1 aliphatic heterocycles. The zero-order valence-corrected chi connectivity index (χ0v) is 18.0. The molecule has 1 fully saturated rings. The number of rotatable bonds is 8. The lowest BCUT2D eigenvalue weighted by Gasteiger charge is -2.35. The number of hydrogen-bond donors (Lipinski definition) is 1. The predicted octanol–water partition coefficient (Wildman–Crippen LogP) is 4.84. The number of carbonyl (C=O) groups is 1. The highest BCUT2D eigenvalue weighted by Gasteiger charge is 2.23. The van der Waals surface area contributed by atoms with Crippen molar-refractivity contribution in [1.82, 2.24) is 10.2 Å². The van der Waals surface area contributed by atoms with E-state index in [4.69, 9.17) is 4.74 Å². The van der Waals surface area contributed by atoms with Crippen molar-refractivity contribution in [2.75, 3.05) is 26.2 Å². The first-order valence-electron chi connectivity index (χ1n) is 10.8. The van der Waals surface area contributed by atoms with Crippen LogP contribution >= 0.6 is 0 Å². The van der Waals surface area contributed by atoms with E-state index in [-0.39, 0.29) is 18.6 Å². The minimum absolute atomic E-state index is 0.0437. The minimum atomic E-state index is -0.0774. The van der Waals surface area contributed by atoms with Crippen molar-refractivity contribution in [1.29, 1.82) is 0 Å². The molecule has 0 unspecified atom stereocenters. The van der Waals surface area contributed by atoms with E-state index in [0.29, 0.717) is 12.5 Å². The number of ether oxygens (including phenoxy) is 1. The molecule has 0 bridgehead atoms. The third kappa shape index (κ3) is 6.33. The van der Waals surface area contributed by atoms with Gasteiger partial charge in [-0.05, 0) is 62.0 Å². The lowest BCUT2D eigenvalue weighted by atomic mass is 9.97. The third-order valence-corrected chi connectivity index (χ3v) is 5.70. The van der Waals surface area contributed by atoms with Gasteiger partial charge in [-0.15, -0.1) is 0 Å². The van der Waals surface area contributed by atoms with Crippen molar-refractivity contribution in [2.24, 2.45) is 0 Å². The zero-order chi connectivity index (χ0) is 20.6. The molecule has 4 heteroatoms. The molecule has 0 radical (unpaired) electrons. The van der Waals surface area contributed by atoms with E-state index in [9.17, 15) is 4.79 Å². The Morgan fingerprint density at radius 2 is 1.59 bits per heavy atom. The number of aryl methyl sites for hydroxylation is 1. The maximum atomic E-state index is 12.4. The second-order valence-electron chi connectivity index (χ2n) is 8.34. The van der Waals surface area contributed by atoms with E-state index in [2.05, 4.69) is 48.3 Å². The van der Waals surface area contributed by atoms with Crippen LogP contribution in [0.3, 0.4) is 0 Å². The molecular weight excluding hydrogens is 360 g/mol. The van der Waals surface area contributed by atoms with Crippen LogP contribution in [0.4, 0.5) is 0 Å². The summed E-state index contributed by atoms with van der Waals surface area (Å²) in [4.78, 5) is 14.9. The van der Waals surface area contributed by atoms with Crippen LogP contribution in [0.1, 0.15) is 61.8 Å². The van der Waals surface area contributed by atoms with Gasteiger partial charge in [0.05, 0.1) is 6.04 Å². The Bertz CT molecular complexity index is 762. The quantitative estimate of drug-likeness (QED) is 0.696. The average Bonchev–Trinajstić information content (AvgIpc) is 2.74. The fourth-order valence-corrected chi connectivity index (χ4v) is 3.84. The van der Waals surface area contributed by atoms with Crippen LogP contribution in [0.5, 0.6) is 5.75 Å². The number of nitrogens with one attached hydrogen (secondary N) is 1. The van der Waals surface area contributed by atoms with E-state index in [1.165, 1.54) is 36.0 Å². The van der Waals surface area contributed by atoms with Crippen LogP contribution in [-0.2, 0) is 4.79 Å². The van der Waals surface area contributed by atoms with E-state index >= 15 is 0 Å². The maximum Gasteiger partial charge on any atom is 0.258 e. The summed E-state index contributed by atoms with van der Waals surface area (Å²) < 4.78 is 5.62. The average molecular weight is 395 g/mol. The Balaban J connectivity index is 1.60. The van der Waals surface area contributed by atoms with Gasteiger partial charge in [-0.3, -0.25) is 9.69 Å². The summed E-state index contributed by atoms with van der Waals surface area (Å²) in [5.74, 6) is 1.17. The predicted molar refractivity (Wildman–Crippen MR) is 118 cm³/mol. The van der Waals surface area contributed by atoms with E-state index in [0.717, 1.165) is 18.8 Å². The van der Waals surface area contributed by atoms with E-state index in [1.54, 1.807) is 0 Å². The van der Waals surface area contributed by atoms with Crippen molar-refractivity contribution in [3.8, 4) is 5.75 Å². The normalized spacial score (nSPS) is 15.9. The van der Waals surface area contributed by atoms with Gasteiger partial charge in [0.1, 0.15) is 5.75 Å². The largest absolute Gasteiger partial charge is 0.484 e. The SMILES string of the molecule is Cc1ccc(OCC(=O)NC[C@H](c2ccc(C(C)C)cc2)N2CCCCC2)cc1. The van der Waals surface area contributed by atoms with Crippen LogP contribution in [0.15, 0.2) is 48.5 Å². The van der Waals surface area contributed by atoms with Gasteiger partial charge in [0.2, 0.25) is 0 Å². The highest BCUT2D eigenvalue weighted by molar-refractivity contribution is 5.77. The molecule has 1 saturated heterocycles. The van der Waals surface area contributed by atoms with Gasteiger partial charge < -0.3 is 10.1 Å². The van der Waals surface area contributed by atoms with Crippen molar-refractivity contribution in [3.05, 3.63) is 65.2 Å². The van der Waals surface area contributed by atoms with Crippen LogP contribution in [0, 0.1) is 6.92 Å². The molecule has 1 heterocycles. The molecule has 4 nitrogen and oxygen atoms in total. The molecule has 2 aromatic rings. The van der Waals surface area contributed by atoms with Gasteiger partial charge in [0.25, 0.3) is 5.91 Å². The molecule has 0 aliphatic carbocycles. The van der Waals surface area contributed by atoms with Crippen LogP contribution in [-0.4, -0.2) is 37.0 Å². The Kier molecular flexibility index (Phi) is 7.70. The summed E-state index contributed by atoms with van der Waals surface area (Å²) in [6.45, 7) is 9.29. The standard InChI is InChI=1S/C25H34N2O2/c1-19(2)21-9-11-22(12-10-21)24(27-15-5-4-6-16-27)17-26-25(28)18-29-23-13-7-20(3)8-14-23/h7-14,19,24H,4-6,15-18H2,1-3H3,(H,26,28)/t24-/m1/s1. The number of carbonyl (C=O) groups excluding carboxylic acids is 1. The topological polar surface area (TPSA) is 41.6 Å². The minimum Gasteiger partial charge on any atom is -0.484 e. The molecule has 3 rings (SSSR count). The monoisotopic (exact) mass is 394 g/mol. The highest BCUT2D eigenvalue weighted by Crippen LogP contribution is 2.26. The Morgan fingerprint density at radius 1 is 0.966 bits per heavy atom. The molecule has 1 atom stereocenters. The Labute approximate surface area is 175 Å².